The SMILES string of the molecule is COc1ccc(C2(c3ccccc3)C=Cc3c(C(=O)NC4CC4)n[nH]c3C2)cc1OC. The highest BCUT2D eigenvalue weighted by Gasteiger charge is 2.38. The van der Waals surface area contributed by atoms with E-state index in [1.165, 1.54) is 0 Å². The van der Waals surface area contributed by atoms with Crippen LogP contribution in [0, 0.1) is 0 Å². The third-order valence-corrected chi connectivity index (χ3v) is 6.19. The molecule has 0 radical (unpaired) electrons. The average molecular weight is 415 g/mol. The Morgan fingerprint density at radius 1 is 1.06 bits per heavy atom. The van der Waals surface area contributed by atoms with Crippen LogP contribution >= 0.6 is 0 Å². The van der Waals surface area contributed by atoms with Gasteiger partial charge in [0.2, 0.25) is 0 Å². The molecular formula is C25H25N3O3. The van der Waals surface area contributed by atoms with Crippen molar-refractivity contribution in [3.8, 4) is 11.5 Å². The van der Waals surface area contributed by atoms with Crippen LogP contribution in [0.4, 0.5) is 0 Å². The summed E-state index contributed by atoms with van der Waals surface area (Å²) in [6, 6.07) is 16.7. The van der Waals surface area contributed by atoms with Crippen molar-refractivity contribution in [1.29, 1.82) is 0 Å². The van der Waals surface area contributed by atoms with Crippen molar-refractivity contribution in [3.63, 3.8) is 0 Å². The number of aromatic amines is 1. The lowest BCUT2D eigenvalue weighted by molar-refractivity contribution is 0.0946. The minimum Gasteiger partial charge on any atom is -0.493 e. The largest absolute Gasteiger partial charge is 0.493 e. The highest BCUT2D eigenvalue weighted by atomic mass is 16.5. The van der Waals surface area contributed by atoms with E-state index in [9.17, 15) is 4.79 Å². The summed E-state index contributed by atoms with van der Waals surface area (Å²) in [5.74, 6) is 1.27. The van der Waals surface area contributed by atoms with Gasteiger partial charge in [-0.25, -0.2) is 0 Å². The van der Waals surface area contributed by atoms with Crippen LogP contribution in [-0.4, -0.2) is 36.4 Å². The summed E-state index contributed by atoms with van der Waals surface area (Å²) in [6.07, 6.45) is 6.94. The lowest BCUT2D eigenvalue weighted by atomic mass is 9.68. The van der Waals surface area contributed by atoms with Crippen LogP contribution in [0.5, 0.6) is 11.5 Å². The molecule has 1 fully saturated rings. The van der Waals surface area contributed by atoms with E-state index in [4.69, 9.17) is 9.47 Å². The fraction of sp³-hybridized carbons (Fsp3) is 0.280. The zero-order valence-electron chi connectivity index (χ0n) is 17.6. The number of methoxy groups -OCH3 is 2. The summed E-state index contributed by atoms with van der Waals surface area (Å²) in [5, 5.41) is 10.5. The Morgan fingerprint density at radius 2 is 1.84 bits per heavy atom. The Balaban J connectivity index is 1.60. The molecular weight excluding hydrogens is 390 g/mol. The van der Waals surface area contributed by atoms with Crippen LogP contribution in [-0.2, 0) is 11.8 Å². The van der Waals surface area contributed by atoms with E-state index in [-0.39, 0.29) is 5.91 Å². The fourth-order valence-electron chi connectivity index (χ4n) is 4.33. The maximum atomic E-state index is 12.6. The van der Waals surface area contributed by atoms with Gasteiger partial charge >= 0.3 is 0 Å². The second kappa shape index (κ2) is 7.61. The van der Waals surface area contributed by atoms with Gasteiger partial charge in [-0.05, 0) is 36.1 Å². The number of H-pyrrole nitrogens is 1. The second-order valence-corrected chi connectivity index (χ2v) is 8.13. The maximum Gasteiger partial charge on any atom is 0.272 e. The number of hydrogen-bond acceptors (Lipinski definition) is 4. The number of allylic oxidation sites excluding steroid dienone is 1. The van der Waals surface area contributed by atoms with E-state index in [0.29, 0.717) is 29.7 Å². The Hall–Kier alpha value is -3.54. The molecule has 1 amide bonds. The highest BCUT2D eigenvalue weighted by molar-refractivity contribution is 5.97. The topological polar surface area (TPSA) is 76.2 Å². The van der Waals surface area contributed by atoms with Gasteiger partial charge < -0.3 is 14.8 Å². The Morgan fingerprint density at radius 3 is 2.55 bits per heavy atom. The molecule has 1 aromatic heterocycles. The average Bonchev–Trinajstić information content (AvgIpc) is 3.53. The van der Waals surface area contributed by atoms with Gasteiger partial charge in [0.1, 0.15) is 0 Å². The van der Waals surface area contributed by atoms with Gasteiger partial charge in [-0.2, -0.15) is 5.10 Å². The van der Waals surface area contributed by atoms with Crippen LogP contribution in [0.15, 0.2) is 54.6 Å². The molecule has 2 aromatic carbocycles. The van der Waals surface area contributed by atoms with Gasteiger partial charge in [0, 0.05) is 29.1 Å². The minimum absolute atomic E-state index is 0.108. The third kappa shape index (κ3) is 3.38. The Bertz CT molecular complexity index is 1150. The smallest absolute Gasteiger partial charge is 0.272 e. The first-order chi connectivity index (χ1) is 15.1. The van der Waals surface area contributed by atoms with Gasteiger partial charge in [0.15, 0.2) is 17.2 Å². The standard InChI is InChI=1S/C25H25N3O3/c1-30-21-11-8-17(14-22(21)31-2)25(16-6-4-3-5-7-16)13-12-19-20(15-25)27-28-23(19)24(29)26-18-9-10-18/h3-8,11-14,18H,9-10,15H2,1-2H3,(H,26,29)(H,27,28). The molecule has 158 valence electrons. The van der Waals surface area contributed by atoms with Gasteiger partial charge in [-0.1, -0.05) is 48.6 Å². The van der Waals surface area contributed by atoms with Gasteiger partial charge in [-0.15, -0.1) is 0 Å². The van der Waals surface area contributed by atoms with Crippen LogP contribution in [0.25, 0.3) is 6.08 Å². The number of nitrogens with one attached hydrogen (secondary N) is 2. The monoisotopic (exact) mass is 415 g/mol. The zero-order valence-corrected chi connectivity index (χ0v) is 17.6. The van der Waals surface area contributed by atoms with Gasteiger partial charge in [-0.3, -0.25) is 9.89 Å². The molecule has 0 saturated heterocycles. The van der Waals surface area contributed by atoms with Crippen molar-refractivity contribution in [2.45, 2.75) is 30.7 Å². The van der Waals surface area contributed by atoms with E-state index >= 15 is 0 Å². The number of carbonyl (C=O) groups excluding carboxylic acids is 1. The molecule has 31 heavy (non-hydrogen) atoms. The van der Waals surface area contributed by atoms with Crippen LogP contribution in [0.3, 0.4) is 0 Å². The number of carbonyl (C=O) groups is 1. The molecule has 3 aromatic rings. The molecule has 0 spiro atoms. The number of amides is 1. The Labute approximate surface area is 181 Å². The molecule has 6 heteroatoms. The van der Waals surface area contributed by atoms with E-state index < -0.39 is 5.41 Å². The number of nitrogens with zero attached hydrogens (tertiary/aromatic N) is 1. The molecule has 1 heterocycles. The predicted molar refractivity (Wildman–Crippen MR) is 119 cm³/mol. The van der Waals surface area contributed by atoms with E-state index in [1.54, 1.807) is 14.2 Å². The normalized spacial score (nSPS) is 19.5. The van der Waals surface area contributed by atoms with Crippen LogP contribution < -0.4 is 14.8 Å². The molecule has 2 aliphatic rings. The summed E-state index contributed by atoms with van der Waals surface area (Å²) in [7, 11) is 3.28. The first kappa shape index (κ1) is 19.4. The molecule has 0 bridgehead atoms. The number of hydrogen-bond donors (Lipinski definition) is 2. The van der Waals surface area contributed by atoms with E-state index in [1.807, 2.05) is 36.4 Å². The summed E-state index contributed by atoms with van der Waals surface area (Å²) in [5.41, 5.74) is 4.09. The van der Waals surface area contributed by atoms with Crippen molar-refractivity contribution in [3.05, 3.63) is 82.7 Å². The van der Waals surface area contributed by atoms with Crippen molar-refractivity contribution >= 4 is 12.0 Å². The number of benzene rings is 2. The predicted octanol–water partition coefficient (Wildman–Crippen LogP) is 3.87. The van der Waals surface area contributed by atoms with Crippen molar-refractivity contribution < 1.29 is 14.3 Å². The van der Waals surface area contributed by atoms with Crippen LogP contribution in [0.1, 0.15) is 45.7 Å². The molecule has 5 rings (SSSR count). The molecule has 1 atom stereocenters. The van der Waals surface area contributed by atoms with E-state index in [0.717, 1.165) is 35.2 Å². The molecule has 1 unspecified atom stereocenters. The maximum absolute atomic E-state index is 12.6. The lowest BCUT2D eigenvalue weighted by Gasteiger charge is -2.34. The third-order valence-electron chi connectivity index (χ3n) is 6.19. The van der Waals surface area contributed by atoms with E-state index in [2.05, 4.69) is 39.8 Å². The summed E-state index contributed by atoms with van der Waals surface area (Å²) in [4.78, 5) is 12.6. The first-order valence-electron chi connectivity index (χ1n) is 10.5. The van der Waals surface area contributed by atoms with Crippen molar-refractivity contribution in [2.75, 3.05) is 14.2 Å². The summed E-state index contributed by atoms with van der Waals surface area (Å²) in [6.45, 7) is 0. The van der Waals surface area contributed by atoms with Crippen molar-refractivity contribution in [1.82, 2.24) is 15.5 Å². The molecule has 1 saturated carbocycles. The quantitative estimate of drug-likeness (QED) is 0.641. The van der Waals surface area contributed by atoms with Gasteiger partial charge in [0.05, 0.1) is 14.2 Å². The summed E-state index contributed by atoms with van der Waals surface area (Å²) >= 11 is 0. The molecule has 0 aliphatic heterocycles. The highest BCUT2D eigenvalue weighted by Crippen LogP contribution is 2.44. The number of ether oxygens (including phenoxy) is 2. The van der Waals surface area contributed by atoms with Crippen molar-refractivity contribution in [2.24, 2.45) is 0 Å². The van der Waals surface area contributed by atoms with Crippen LogP contribution in [0.2, 0.25) is 0 Å². The minimum atomic E-state index is -0.426. The summed E-state index contributed by atoms with van der Waals surface area (Å²) < 4.78 is 11.0. The van der Waals surface area contributed by atoms with Gasteiger partial charge in [0.25, 0.3) is 5.91 Å². The fourth-order valence-corrected chi connectivity index (χ4v) is 4.33. The molecule has 2 aliphatic carbocycles. The number of aromatic nitrogens is 2. The first-order valence-corrected chi connectivity index (χ1v) is 10.5. The zero-order chi connectivity index (χ0) is 21.4. The Kier molecular flexibility index (Phi) is 4.77. The number of fused-ring (bicyclic) bond motifs is 1. The number of rotatable bonds is 6. The molecule has 2 N–H and O–H groups in total. The lowest BCUT2D eigenvalue weighted by Crippen LogP contribution is -2.31. The second-order valence-electron chi connectivity index (χ2n) is 8.13. The molecule has 6 nitrogen and oxygen atoms in total.